The van der Waals surface area contributed by atoms with E-state index in [2.05, 4.69) is 20.7 Å². The van der Waals surface area contributed by atoms with Gasteiger partial charge in [-0.05, 0) is 12.1 Å². The molecule has 0 unspecified atom stereocenters. The maximum Gasteiger partial charge on any atom is 0.293 e. The number of benzene rings is 1. The Morgan fingerprint density at radius 3 is 2.90 bits per heavy atom. The van der Waals surface area contributed by atoms with Crippen LogP contribution < -0.4 is 16.6 Å². The Bertz CT molecular complexity index is 640. The first-order chi connectivity index (χ1) is 10.1. The number of hydrogen-bond acceptors (Lipinski definition) is 6. The van der Waals surface area contributed by atoms with E-state index in [1.165, 1.54) is 18.2 Å². The zero-order chi connectivity index (χ0) is 15.2. The van der Waals surface area contributed by atoms with E-state index >= 15 is 0 Å². The molecule has 0 saturated heterocycles. The second-order valence-electron chi connectivity index (χ2n) is 4.18. The first-order valence-electron chi connectivity index (χ1n) is 6.13. The van der Waals surface area contributed by atoms with Crippen LogP contribution in [0.5, 0.6) is 0 Å². The summed E-state index contributed by atoms with van der Waals surface area (Å²) in [7, 11) is 0. The Morgan fingerprint density at radius 1 is 1.48 bits per heavy atom. The average molecular weight is 290 g/mol. The number of nitro benzene ring substituents is 1. The highest BCUT2D eigenvalue weighted by Gasteiger charge is 2.15. The summed E-state index contributed by atoms with van der Waals surface area (Å²) < 4.78 is 0. The molecule has 1 aromatic carbocycles. The van der Waals surface area contributed by atoms with Crippen molar-refractivity contribution in [3.05, 3.63) is 52.1 Å². The van der Waals surface area contributed by atoms with E-state index in [1.807, 2.05) is 0 Å². The molecule has 1 heterocycles. The van der Waals surface area contributed by atoms with Crippen molar-refractivity contribution in [3.8, 4) is 0 Å². The number of imidazole rings is 1. The van der Waals surface area contributed by atoms with Gasteiger partial charge in [-0.15, -0.1) is 0 Å². The van der Waals surface area contributed by atoms with Gasteiger partial charge in [-0.25, -0.2) is 4.98 Å². The first-order valence-corrected chi connectivity index (χ1v) is 6.13. The number of rotatable bonds is 6. The van der Waals surface area contributed by atoms with Gasteiger partial charge < -0.3 is 15.7 Å². The molecule has 0 bridgehead atoms. The summed E-state index contributed by atoms with van der Waals surface area (Å²) >= 11 is 0. The summed E-state index contributed by atoms with van der Waals surface area (Å²) in [6.07, 6.45) is 3.90. The number of nitrogens with one attached hydrogen (secondary N) is 3. The maximum atomic E-state index is 11.9. The predicted octanol–water partition coefficient (Wildman–Crippen LogP) is 0.576. The number of amides is 1. The fourth-order valence-corrected chi connectivity index (χ4v) is 1.78. The Morgan fingerprint density at radius 2 is 2.29 bits per heavy atom. The third-order valence-corrected chi connectivity index (χ3v) is 2.81. The molecule has 0 radical (unpaired) electrons. The summed E-state index contributed by atoms with van der Waals surface area (Å²) in [5.74, 6) is 5.65. The van der Waals surface area contributed by atoms with Crippen LogP contribution in [0.1, 0.15) is 16.2 Å². The maximum absolute atomic E-state index is 11.9. The Kier molecular flexibility index (Phi) is 4.46. The number of carbonyl (C=O) groups is 1. The van der Waals surface area contributed by atoms with Gasteiger partial charge in [-0.2, -0.15) is 0 Å². The van der Waals surface area contributed by atoms with Gasteiger partial charge in [0, 0.05) is 37.0 Å². The highest BCUT2D eigenvalue weighted by Crippen LogP contribution is 2.24. The number of aromatic amines is 1. The van der Waals surface area contributed by atoms with E-state index < -0.39 is 4.92 Å². The highest BCUT2D eigenvalue weighted by atomic mass is 16.6. The summed E-state index contributed by atoms with van der Waals surface area (Å²) in [6.45, 7) is 0.398. The van der Waals surface area contributed by atoms with Crippen molar-refractivity contribution in [2.45, 2.75) is 6.42 Å². The number of nitrogens with zero attached hydrogens (tertiary/aromatic N) is 2. The van der Waals surface area contributed by atoms with Crippen LogP contribution in [0.25, 0.3) is 0 Å². The standard InChI is InChI=1S/C12H14N6O3/c13-17-9-7-8(1-2-10(9)18(20)21)12(19)16-4-3-11-14-5-6-15-11/h1-2,5-7,17H,3-4,13H2,(H,14,15)(H,16,19). The van der Waals surface area contributed by atoms with E-state index in [4.69, 9.17) is 5.84 Å². The third kappa shape index (κ3) is 3.54. The quantitative estimate of drug-likeness (QED) is 0.348. The zero-order valence-corrected chi connectivity index (χ0v) is 11.0. The Labute approximate surface area is 119 Å². The topological polar surface area (TPSA) is 139 Å². The lowest BCUT2D eigenvalue weighted by molar-refractivity contribution is -0.384. The van der Waals surface area contributed by atoms with Crippen LogP contribution >= 0.6 is 0 Å². The van der Waals surface area contributed by atoms with Crippen LogP contribution in [0.15, 0.2) is 30.6 Å². The predicted molar refractivity (Wildman–Crippen MR) is 75.5 cm³/mol. The third-order valence-electron chi connectivity index (χ3n) is 2.81. The molecular weight excluding hydrogens is 276 g/mol. The van der Waals surface area contributed by atoms with Crippen LogP contribution in [-0.4, -0.2) is 27.3 Å². The van der Waals surface area contributed by atoms with E-state index in [9.17, 15) is 14.9 Å². The number of nitrogens with two attached hydrogens (primary N) is 1. The zero-order valence-electron chi connectivity index (χ0n) is 11.0. The summed E-state index contributed by atoms with van der Waals surface area (Å²) in [5.41, 5.74) is 2.39. The second-order valence-corrected chi connectivity index (χ2v) is 4.18. The minimum Gasteiger partial charge on any atom is -0.352 e. The first kappa shape index (κ1) is 14.5. The monoisotopic (exact) mass is 290 g/mol. The molecule has 2 rings (SSSR count). The average Bonchev–Trinajstić information content (AvgIpc) is 2.99. The van der Waals surface area contributed by atoms with Gasteiger partial charge in [-0.1, -0.05) is 0 Å². The van der Waals surface area contributed by atoms with Gasteiger partial charge in [0.25, 0.3) is 11.6 Å². The summed E-state index contributed by atoms with van der Waals surface area (Å²) in [4.78, 5) is 29.1. The molecule has 0 atom stereocenters. The molecule has 110 valence electrons. The fraction of sp³-hybridized carbons (Fsp3) is 0.167. The smallest absolute Gasteiger partial charge is 0.293 e. The van der Waals surface area contributed by atoms with Crippen LogP contribution in [0.3, 0.4) is 0 Å². The van der Waals surface area contributed by atoms with Crippen molar-refractivity contribution >= 4 is 17.3 Å². The van der Waals surface area contributed by atoms with Crippen molar-refractivity contribution < 1.29 is 9.72 Å². The molecule has 0 spiro atoms. The van der Waals surface area contributed by atoms with Gasteiger partial charge in [0.2, 0.25) is 0 Å². The lowest BCUT2D eigenvalue weighted by Gasteiger charge is -2.07. The van der Waals surface area contributed by atoms with Crippen LogP contribution in [0.4, 0.5) is 11.4 Å². The van der Waals surface area contributed by atoms with Crippen LogP contribution in [0.2, 0.25) is 0 Å². The summed E-state index contributed by atoms with van der Waals surface area (Å²) in [6, 6.07) is 3.94. The van der Waals surface area contributed by atoms with Crippen molar-refractivity contribution in [3.63, 3.8) is 0 Å². The molecule has 1 amide bonds. The second kappa shape index (κ2) is 6.48. The largest absolute Gasteiger partial charge is 0.352 e. The fourth-order valence-electron chi connectivity index (χ4n) is 1.78. The number of carbonyl (C=O) groups excluding carboxylic acids is 1. The number of hydrogen-bond donors (Lipinski definition) is 4. The van der Waals surface area contributed by atoms with E-state index in [0.29, 0.717) is 13.0 Å². The van der Waals surface area contributed by atoms with Crippen molar-refractivity contribution in [1.29, 1.82) is 0 Å². The molecule has 9 nitrogen and oxygen atoms in total. The minimum atomic E-state index is -0.576. The molecule has 0 aliphatic carbocycles. The minimum absolute atomic E-state index is 0.0821. The molecule has 0 fully saturated rings. The number of anilines is 1. The van der Waals surface area contributed by atoms with Crippen molar-refractivity contribution in [1.82, 2.24) is 15.3 Å². The molecule has 21 heavy (non-hydrogen) atoms. The van der Waals surface area contributed by atoms with Gasteiger partial charge >= 0.3 is 0 Å². The molecule has 1 aromatic heterocycles. The van der Waals surface area contributed by atoms with E-state index in [1.54, 1.807) is 12.4 Å². The number of H-pyrrole nitrogens is 1. The Balaban J connectivity index is 2.00. The van der Waals surface area contributed by atoms with E-state index in [-0.39, 0.29) is 22.8 Å². The van der Waals surface area contributed by atoms with Crippen LogP contribution in [0, 0.1) is 10.1 Å². The number of hydrazine groups is 1. The molecule has 0 saturated carbocycles. The molecular formula is C12H14N6O3. The Hall–Kier alpha value is -2.94. The molecule has 0 aliphatic heterocycles. The molecule has 2 aromatic rings. The van der Waals surface area contributed by atoms with Gasteiger partial charge in [0.05, 0.1) is 4.92 Å². The number of nitro groups is 1. The normalized spacial score (nSPS) is 10.1. The van der Waals surface area contributed by atoms with Crippen molar-refractivity contribution in [2.24, 2.45) is 5.84 Å². The lowest BCUT2D eigenvalue weighted by atomic mass is 10.1. The molecule has 5 N–H and O–H groups in total. The summed E-state index contributed by atoms with van der Waals surface area (Å²) in [5, 5.41) is 13.5. The van der Waals surface area contributed by atoms with Gasteiger partial charge in [0.15, 0.2) is 0 Å². The van der Waals surface area contributed by atoms with Gasteiger partial charge in [-0.3, -0.25) is 20.8 Å². The number of aromatic nitrogens is 2. The molecule has 9 heteroatoms. The van der Waals surface area contributed by atoms with E-state index in [0.717, 1.165) is 5.82 Å². The van der Waals surface area contributed by atoms with Crippen LogP contribution in [-0.2, 0) is 6.42 Å². The van der Waals surface area contributed by atoms with Crippen molar-refractivity contribution in [2.75, 3.05) is 12.0 Å². The van der Waals surface area contributed by atoms with Gasteiger partial charge in [0.1, 0.15) is 11.5 Å². The highest BCUT2D eigenvalue weighted by molar-refractivity contribution is 5.95. The number of nitrogen functional groups attached to an aromatic ring is 1. The SMILES string of the molecule is NNc1cc(C(=O)NCCc2ncc[nH]2)ccc1[N+](=O)[O-]. The lowest BCUT2D eigenvalue weighted by Crippen LogP contribution is -2.26. The molecule has 0 aliphatic rings.